The van der Waals surface area contributed by atoms with Crippen LogP contribution in [0.1, 0.15) is 49.0 Å². The second kappa shape index (κ2) is 9.92. The number of halogens is 1. The summed E-state index contributed by atoms with van der Waals surface area (Å²) in [5, 5.41) is 4.34. The standard InChI is InChI=1S/C27H29ClN2O3/c1-16-8-6-13-22(17(16)2)29-24(31)15-33-27(32)25-18(3)26(19-9-7-10-20(28)14-19)30-23-12-5-4-11-21(23)25/h4-5,7,9-12,14,16-17,22H,6,8,13,15H2,1-3H3,(H,29,31)/t16-,17+,22-/m1/s1. The number of benzene rings is 2. The largest absolute Gasteiger partial charge is 0.452 e. The average molecular weight is 465 g/mol. The Bertz CT molecular complexity index is 1190. The predicted octanol–water partition coefficient (Wildman–Crippen LogP) is 5.96. The molecule has 33 heavy (non-hydrogen) atoms. The van der Waals surface area contributed by atoms with E-state index >= 15 is 0 Å². The van der Waals surface area contributed by atoms with Crippen LogP contribution in [0.25, 0.3) is 22.2 Å². The van der Waals surface area contributed by atoms with E-state index in [1.807, 2.05) is 49.4 Å². The van der Waals surface area contributed by atoms with E-state index in [9.17, 15) is 9.59 Å². The van der Waals surface area contributed by atoms with E-state index in [0.29, 0.717) is 44.6 Å². The van der Waals surface area contributed by atoms with Crippen molar-refractivity contribution in [1.29, 1.82) is 0 Å². The summed E-state index contributed by atoms with van der Waals surface area (Å²) in [7, 11) is 0. The highest BCUT2D eigenvalue weighted by atomic mass is 35.5. The first-order valence-corrected chi connectivity index (χ1v) is 11.8. The molecule has 1 saturated carbocycles. The molecule has 0 radical (unpaired) electrons. The summed E-state index contributed by atoms with van der Waals surface area (Å²) in [6.07, 6.45) is 3.25. The number of aromatic nitrogens is 1. The predicted molar refractivity (Wildman–Crippen MR) is 131 cm³/mol. The van der Waals surface area contributed by atoms with Crippen LogP contribution in [-0.4, -0.2) is 29.5 Å². The van der Waals surface area contributed by atoms with E-state index in [4.69, 9.17) is 21.3 Å². The number of nitrogens with one attached hydrogen (secondary N) is 1. The van der Waals surface area contributed by atoms with Crippen LogP contribution in [0.15, 0.2) is 48.5 Å². The second-order valence-electron chi connectivity index (χ2n) is 9.01. The maximum Gasteiger partial charge on any atom is 0.339 e. The van der Waals surface area contributed by atoms with Gasteiger partial charge in [0.2, 0.25) is 0 Å². The molecule has 1 fully saturated rings. The van der Waals surface area contributed by atoms with Gasteiger partial charge in [-0.3, -0.25) is 4.79 Å². The SMILES string of the molecule is Cc1c(-c2cccc(Cl)c2)nc2ccccc2c1C(=O)OCC(=O)N[C@@H]1CCC[C@@H](C)[C@@H]1C. The summed E-state index contributed by atoms with van der Waals surface area (Å²) >= 11 is 6.19. The number of pyridine rings is 1. The number of nitrogens with zero attached hydrogens (tertiary/aromatic N) is 1. The molecular weight excluding hydrogens is 436 g/mol. The van der Waals surface area contributed by atoms with Crippen molar-refractivity contribution in [2.24, 2.45) is 11.8 Å². The topological polar surface area (TPSA) is 68.3 Å². The summed E-state index contributed by atoms with van der Waals surface area (Å²) in [5.74, 6) is 0.183. The van der Waals surface area contributed by atoms with Crippen molar-refractivity contribution < 1.29 is 14.3 Å². The van der Waals surface area contributed by atoms with Crippen LogP contribution in [0.2, 0.25) is 5.02 Å². The van der Waals surface area contributed by atoms with E-state index in [1.165, 1.54) is 6.42 Å². The molecule has 1 aliphatic rings. The summed E-state index contributed by atoms with van der Waals surface area (Å²) in [4.78, 5) is 30.5. The van der Waals surface area contributed by atoms with Crippen LogP contribution in [0.4, 0.5) is 0 Å². The number of carbonyl (C=O) groups excluding carboxylic acids is 2. The number of amides is 1. The monoisotopic (exact) mass is 464 g/mol. The molecule has 5 nitrogen and oxygen atoms in total. The van der Waals surface area contributed by atoms with Crippen molar-refractivity contribution in [3.05, 3.63) is 64.7 Å². The van der Waals surface area contributed by atoms with Gasteiger partial charge in [0, 0.05) is 22.0 Å². The Morgan fingerprint density at radius 1 is 1.12 bits per heavy atom. The summed E-state index contributed by atoms with van der Waals surface area (Å²) in [6.45, 7) is 5.93. The number of hydrogen-bond acceptors (Lipinski definition) is 4. The van der Waals surface area contributed by atoms with Crippen molar-refractivity contribution in [2.75, 3.05) is 6.61 Å². The number of fused-ring (bicyclic) bond motifs is 1. The minimum atomic E-state index is -0.533. The first kappa shape index (κ1) is 23.2. The van der Waals surface area contributed by atoms with Gasteiger partial charge in [-0.2, -0.15) is 0 Å². The lowest BCUT2D eigenvalue weighted by Crippen LogP contribution is -2.45. The molecule has 1 N–H and O–H groups in total. The molecule has 1 aromatic heterocycles. The van der Waals surface area contributed by atoms with Crippen molar-refractivity contribution in [2.45, 2.75) is 46.1 Å². The Hall–Kier alpha value is -2.92. The third-order valence-electron chi connectivity index (χ3n) is 6.83. The fraction of sp³-hybridized carbons (Fsp3) is 0.370. The lowest BCUT2D eigenvalue weighted by atomic mass is 9.78. The van der Waals surface area contributed by atoms with Gasteiger partial charge < -0.3 is 10.1 Å². The van der Waals surface area contributed by atoms with Gasteiger partial charge in [0.15, 0.2) is 6.61 Å². The Kier molecular flexibility index (Phi) is 6.99. The molecule has 0 unspecified atom stereocenters. The van der Waals surface area contributed by atoms with Crippen molar-refractivity contribution >= 4 is 34.4 Å². The molecule has 6 heteroatoms. The minimum absolute atomic E-state index is 0.123. The molecular formula is C27H29ClN2O3. The minimum Gasteiger partial charge on any atom is -0.452 e. The zero-order valence-corrected chi connectivity index (χ0v) is 20.0. The number of rotatable bonds is 5. The molecule has 1 amide bonds. The Morgan fingerprint density at radius 3 is 2.70 bits per heavy atom. The van der Waals surface area contributed by atoms with E-state index < -0.39 is 5.97 Å². The van der Waals surface area contributed by atoms with Crippen molar-refractivity contribution in [1.82, 2.24) is 10.3 Å². The quantitative estimate of drug-likeness (QED) is 0.473. The molecule has 0 bridgehead atoms. The zero-order valence-electron chi connectivity index (χ0n) is 19.2. The van der Waals surface area contributed by atoms with Crippen LogP contribution in [0.3, 0.4) is 0 Å². The summed E-state index contributed by atoms with van der Waals surface area (Å²) in [6, 6.07) is 14.9. The van der Waals surface area contributed by atoms with Gasteiger partial charge in [0.25, 0.3) is 5.91 Å². The van der Waals surface area contributed by atoms with Gasteiger partial charge in [-0.05, 0) is 48.9 Å². The van der Waals surface area contributed by atoms with E-state index in [2.05, 4.69) is 19.2 Å². The number of ether oxygens (including phenoxy) is 1. The van der Waals surface area contributed by atoms with Gasteiger partial charge in [0.1, 0.15) is 0 Å². The van der Waals surface area contributed by atoms with Crippen LogP contribution in [-0.2, 0) is 9.53 Å². The smallest absolute Gasteiger partial charge is 0.339 e. The summed E-state index contributed by atoms with van der Waals surface area (Å²) < 4.78 is 5.49. The average Bonchev–Trinajstić information content (AvgIpc) is 2.80. The number of carbonyl (C=O) groups is 2. The van der Waals surface area contributed by atoms with Gasteiger partial charge in [-0.25, -0.2) is 9.78 Å². The van der Waals surface area contributed by atoms with Crippen molar-refractivity contribution in [3.63, 3.8) is 0 Å². The Labute approximate surface area is 199 Å². The van der Waals surface area contributed by atoms with Gasteiger partial charge in [0.05, 0.1) is 16.8 Å². The molecule has 4 rings (SSSR count). The fourth-order valence-electron chi connectivity index (χ4n) is 4.72. The third kappa shape index (κ3) is 5.03. The van der Waals surface area contributed by atoms with Crippen LogP contribution in [0, 0.1) is 18.8 Å². The highest BCUT2D eigenvalue weighted by Crippen LogP contribution is 2.32. The second-order valence-corrected chi connectivity index (χ2v) is 9.44. The summed E-state index contributed by atoms with van der Waals surface area (Å²) in [5.41, 5.74) is 3.27. The van der Waals surface area contributed by atoms with E-state index in [0.717, 1.165) is 18.4 Å². The van der Waals surface area contributed by atoms with Crippen LogP contribution >= 0.6 is 11.6 Å². The first-order chi connectivity index (χ1) is 15.8. The van der Waals surface area contributed by atoms with E-state index in [1.54, 1.807) is 6.07 Å². The molecule has 3 aromatic rings. The Balaban J connectivity index is 1.57. The van der Waals surface area contributed by atoms with Gasteiger partial charge >= 0.3 is 5.97 Å². The molecule has 1 heterocycles. The van der Waals surface area contributed by atoms with Crippen LogP contribution in [0.5, 0.6) is 0 Å². The molecule has 0 saturated heterocycles. The molecule has 3 atom stereocenters. The zero-order chi connectivity index (χ0) is 23.5. The molecule has 2 aromatic carbocycles. The molecule has 0 spiro atoms. The number of hydrogen-bond donors (Lipinski definition) is 1. The van der Waals surface area contributed by atoms with E-state index in [-0.39, 0.29) is 18.6 Å². The van der Waals surface area contributed by atoms with Crippen molar-refractivity contribution in [3.8, 4) is 11.3 Å². The molecule has 172 valence electrons. The number of esters is 1. The first-order valence-electron chi connectivity index (χ1n) is 11.5. The van der Waals surface area contributed by atoms with Gasteiger partial charge in [-0.15, -0.1) is 0 Å². The lowest BCUT2D eigenvalue weighted by molar-refractivity contribution is -0.125. The maximum atomic E-state index is 13.2. The maximum absolute atomic E-state index is 13.2. The third-order valence-corrected chi connectivity index (χ3v) is 7.06. The molecule has 1 aliphatic carbocycles. The Morgan fingerprint density at radius 2 is 1.91 bits per heavy atom. The van der Waals surface area contributed by atoms with Crippen LogP contribution < -0.4 is 5.32 Å². The highest BCUT2D eigenvalue weighted by molar-refractivity contribution is 6.30. The number of para-hydroxylation sites is 1. The molecule has 0 aliphatic heterocycles. The van der Waals surface area contributed by atoms with Gasteiger partial charge in [-0.1, -0.05) is 68.6 Å². The normalized spacial score (nSPS) is 20.4. The highest BCUT2D eigenvalue weighted by Gasteiger charge is 2.28. The fourth-order valence-corrected chi connectivity index (χ4v) is 4.91. The lowest BCUT2D eigenvalue weighted by Gasteiger charge is -2.34.